The standard InChI is InChI=1S/C20H21ClN8O3/c1-10(2)32-17-7-15-12(6-14(17)21)5-13(18(30)25-15)11(3)24-20-22-8-16(19(26-20)31-4)29-9-23-27-28-29/h5-11H,1-4H3,(H,25,30)(H,22,24,26)/t11-/m0/s1. The number of anilines is 1. The molecule has 32 heavy (non-hydrogen) atoms. The van der Waals surface area contributed by atoms with Gasteiger partial charge in [-0.15, -0.1) is 5.10 Å². The van der Waals surface area contributed by atoms with Crippen LogP contribution in [0.5, 0.6) is 11.6 Å². The fraction of sp³-hybridized carbons (Fsp3) is 0.300. The van der Waals surface area contributed by atoms with Crippen LogP contribution in [0.1, 0.15) is 32.4 Å². The number of tetrazole rings is 1. The van der Waals surface area contributed by atoms with E-state index in [1.807, 2.05) is 20.8 Å². The van der Waals surface area contributed by atoms with Gasteiger partial charge in [-0.3, -0.25) is 4.79 Å². The molecule has 0 aliphatic heterocycles. The second kappa shape index (κ2) is 8.79. The van der Waals surface area contributed by atoms with Crippen molar-refractivity contribution in [3.8, 4) is 17.3 Å². The summed E-state index contributed by atoms with van der Waals surface area (Å²) in [6.07, 6.45) is 2.90. The molecule has 2 N–H and O–H groups in total. The molecule has 0 fully saturated rings. The van der Waals surface area contributed by atoms with Gasteiger partial charge in [0.1, 0.15) is 17.8 Å². The first-order valence-corrected chi connectivity index (χ1v) is 10.2. The van der Waals surface area contributed by atoms with Crippen LogP contribution in [0.15, 0.2) is 35.5 Å². The van der Waals surface area contributed by atoms with Gasteiger partial charge in [-0.25, -0.2) is 4.98 Å². The van der Waals surface area contributed by atoms with Crippen molar-refractivity contribution in [1.29, 1.82) is 0 Å². The Hall–Kier alpha value is -3.73. The molecule has 0 amide bonds. The molecule has 1 atom stereocenters. The average molecular weight is 457 g/mol. The van der Waals surface area contributed by atoms with Crippen molar-refractivity contribution in [1.82, 2.24) is 35.2 Å². The second-order valence-electron chi connectivity index (χ2n) is 7.30. The van der Waals surface area contributed by atoms with E-state index >= 15 is 0 Å². The summed E-state index contributed by atoms with van der Waals surface area (Å²) in [7, 11) is 1.48. The number of aromatic nitrogens is 7. The Bertz CT molecular complexity index is 1310. The van der Waals surface area contributed by atoms with Crippen LogP contribution >= 0.6 is 11.6 Å². The highest BCUT2D eigenvalue weighted by atomic mass is 35.5. The first-order valence-electron chi connectivity index (χ1n) is 9.79. The number of fused-ring (bicyclic) bond motifs is 1. The zero-order valence-corrected chi connectivity index (χ0v) is 18.6. The van der Waals surface area contributed by atoms with Crippen molar-refractivity contribution in [3.63, 3.8) is 0 Å². The average Bonchev–Trinajstić information content (AvgIpc) is 3.28. The minimum Gasteiger partial charge on any atom is -0.489 e. The van der Waals surface area contributed by atoms with E-state index in [0.717, 1.165) is 5.39 Å². The van der Waals surface area contributed by atoms with Crippen LogP contribution in [0.3, 0.4) is 0 Å². The summed E-state index contributed by atoms with van der Waals surface area (Å²) in [4.78, 5) is 24.3. The van der Waals surface area contributed by atoms with E-state index in [1.54, 1.807) is 18.2 Å². The number of hydrogen-bond acceptors (Lipinski definition) is 9. The monoisotopic (exact) mass is 456 g/mol. The van der Waals surface area contributed by atoms with Gasteiger partial charge in [0.05, 0.1) is 36.0 Å². The molecule has 0 saturated heterocycles. The number of aromatic amines is 1. The van der Waals surface area contributed by atoms with Crippen LogP contribution in [0.2, 0.25) is 5.02 Å². The van der Waals surface area contributed by atoms with Gasteiger partial charge < -0.3 is 19.8 Å². The van der Waals surface area contributed by atoms with E-state index in [1.165, 1.54) is 24.3 Å². The molecular weight excluding hydrogens is 436 g/mol. The third-order valence-electron chi connectivity index (χ3n) is 4.63. The third kappa shape index (κ3) is 4.33. The van der Waals surface area contributed by atoms with Gasteiger partial charge in [0.25, 0.3) is 5.56 Å². The van der Waals surface area contributed by atoms with Gasteiger partial charge in [-0.05, 0) is 43.3 Å². The number of methoxy groups -OCH3 is 1. The molecule has 0 spiro atoms. The molecule has 4 rings (SSSR count). The van der Waals surface area contributed by atoms with E-state index in [2.05, 4.69) is 35.8 Å². The van der Waals surface area contributed by atoms with Crippen molar-refractivity contribution in [2.75, 3.05) is 12.4 Å². The summed E-state index contributed by atoms with van der Waals surface area (Å²) in [5.74, 6) is 1.08. The molecule has 0 unspecified atom stereocenters. The largest absolute Gasteiger partial charge is 0.489 e. The first kappa shape index (κ1) is 21.5. The number of rotatable bonds is 7. The molecule has 3 aromatic heterocycles. The van der Waals surface area contributed by atoms with Gasteiger partial charge in [0.15, 0.2) is 0 Å². The van der Waals surface area contributed by atoms with Crippen LogP contribution < -0.4 is 20.3 Å². The number of pyridine rings is 1. The Morgan fingerprint density at radius 1 is 1.22 bits per heavy atom. The van der Waals surface area contributed by atoms with Crippen molar-refractivity contribution < 1.29 is 9.47 Å². The molecule has 0 aliphatic carbocycles. The molecule has 12 heteroatoms. The van der Waals surface area contributed by atoms with Gasteiger partial charge in [0.2, 0.25) is 11.8 Å². The molecule has 4 aromatic rings. The Balaban J connectivity index is 1.63. The molecule has 3 heterocycles. The van der Waals surface area contributed by atoms with E-state index in [0.29, 0.717) is 27.5 Å². The van der Waals surface area contributed by atoms with Crippen LogP contribution in [0.4, 0.5) is 5.95 Å². The van der Waals surface area contributed by atoms with Crippen molar-refractivity contribution in [2.24, 2.45) is 0 Å². The fourth-order valence-corrected chi connectivity index (χ4v) is 3.39. The number of nitrogens with zero attached hydrogens (tertiary/aromatic N) is 6. The normalized spacial score (nSPS) is 12.2. The van der Waals surface area contributed by atoms with Gasteiger partial charge in [-0.1, -0.05) is 11.6 Å². The van der Waals surface area contributed by atoms with Crippen molar-refractivity contribution in [3.05, 3.63) is 51.7 Å². The lowest BCUT2D eigenvalue weighted by Crippen LogP contribution is -2.20. The quantitative estimate of drug-likeness (QED) is 0.430. The summed E-state index contributed by atoms with van der Waals surface area (Å²) in [6.45, 7) is 5.65. The third-order valence-corrected chi connectivity index (χ3v) is 4.92. The highest BCUT2D eigenvalue weighted by Crippen LogP contribution is 2.31. The lowest BCUT2D eigenvalue weighted by atomic mass is 10.1. The molecule has 0 radical (unpaired) electrons. The Labute approximate surface area is 187 Å². The zero-order valence-electron chi connectivity index (χ0n) is 17.8. The summed E-state index contributed by atoms with van der Waals surface area (Å²) >= 11 is 6.36. The number of halogens is 1. The maximum atomic E-state index is 12.8. The number of benzene rings is 1. The summed E-state index contributed by atoms with van der Waals surface area (Å²) < 4.78 is 12.4. The SMILES string of the molecule is COc1nc(N[C@@H](C)c2cc3cc(Cl)c(OC(C)C)cc3[nH]c2=O)ncc1-n1cnnn1. The number of hydrogen-bond donors (Lipinski definition) is 2. The fourth-order valence-electron chi connectivity index (χ4n) is 3.17. The maximum absolute atomic E-state index is 12.8. The van der Waals surface area contributed by atoms with Crippen LogP contribution in [0, 0.1) is 0 Å². The molecule has 1 aromatic carbocycles. The Kier molecular flexibility index (Phi) is 5.91. The molecule has 11 nitrogen and oxygen atoms in total. The molecule has 0 bridgehead atoms. The second-order valence-corrected chi connectivity index (χ2v) is 7.71. The maximum Gasteiger partial charge on any atom is 0.253 e. The topological polar surface area (TPSA) is 133 Å². The minimum atomic E-state index is -0.405. The van der Waals surface area contributed by atoms with E-state index in [4.69, 9.17) is 21.1 Å². The number of nitrogens with one attached hydrogen (secondary N) is 2. The van der Waals surface area contributed by atoms with Gasteiger partial charge >= 0.3 is 0 Å². The molecule has 0 aliphatic rings. The van der Waals surface area contributed by atoms with Crippen LogP contribution in [-0.4, -0.2) is 48.4 Å². The first-order chi connectivity index (χ1) is 15.4. The van der Waals surface area contributed by atoms with Gasteiger partial charge in [0, 0.05) is 17.0 Å². The van der Waals surface area contributed by atoms with Gasteiger partial charge in [-0.2, -0.15) is 9.67 Å². The highest BCUT2D eigenvalue weighted by Gasteiger charge is 2.16. The van der Waals surface area contributed by atoms with E-state index < -0.39 is 6.04 Å². The van der Waals surface area contributed by atoms with E-state index in [-0.39, 0.29) is 23.5 Å². The van der Waals surface area contributed by atoms with Crippen LogP contribution in [-0.2, 0) is 0 Å². The molecule has 0 saturated carbocycles. The van der Waals surface area contributed by atoms with Crippen LogP contribution in [0.25, 0.3) is 16.6 Å². The highest BCUT2D eigenvalue weighted by molar-refractivity contribution is 6.32. The zero-order chi connectivity index (χ0) is 22.8. The summed E-state index contributed by atoms with van der Waals surface area (Å²) in [5.41, 5.74) is 1.37. The van der Waals surface area contributed by atoms with Crippen molar-refractivity contribution >= 4 is 28.5 Å². The lowest BCUT2D eigenvalue weighted by molar-refractivity contribution is 0.243. The predicted molar refractivity (Wildman–Crippen MR) is 119 cm³/mol. The molecular formula is C20H21ClN8O3. The number of H-pyrrole nitrogens is 1. The Morgan fingerprint density at radius 3 is 2.72 bits per heavy atom. The molecule has 166 valence electrons. The number of ether oxygens (including phenoxy) is 2. The lowest BCUT2D eigenvalue weighted by Gasteiger charge is -2.16. The summed E-state index contributed by atoms with van der Waals surface area (Å²) in [6, 6.07) is 4.87. The van der Waals surface area contributed by atoms with Crippen molar-refractivity contribution in [2.45, 2.75) is 32.9 Å². The minimum absolute atomic E-state index is 0.0376. The summed E-state index contributed by atoms with van der Waals surface area (Å²) in [5, 5.41) is 15.4. The predicted octanol–water partition coefficient (Wildman–Crippen LogP) is 2.92. The smallest absolute Gasteiger partial charge is 0.253 e. The van der Waals surface area contributed by atoms with E-state index in [9.17, 15) is 4.79 Å². The Morgan fingerprint density at radius 2 is 2.03 bits per heavy atom.